The molecule has 0 radical (unpaired) electrons. The van der Waals surface area contributed by atoms with Crippen molar-refractivity contribution in [2.45, 2.75) is 19.9 Å². The molecule has 3 aromatic rings. The van der Waals surface area contributed by atoms with Crippen molar-refractivity contribution in [2.75, 3.05) is 11.9 Å². The summed E-state index contributed by atoms with van der Waals surface area (Å²) < 4.78 is 13.6. The van der Waals surface area contributed by atoms with Crippen LogP contribution in [0.2, 0.25) is 5.02 Å². The van der Waals surface area contributed by atoms with Crippen molar-refractivity contribution >= 4 is 29.1 Å². The lowest BCUT2D eigenvalue weighted by atomic mass is 9.95. The standard InChI is InChI=1S/C24H20ClFN2O2/c1-14-9-15(2)11-17(10-14)24(30)28-13-22(29)27-21-12-18(25)5-8-20(21)23(28)16-3-6-19(26)7-4-16/h3-12,23H,13H2,1-2H3,(H,27,29). The van der Waals surface area contributed by atoms with E-state index in [2.05, 4.69) is 5.32 Å². The van der Waals surface area contributed by atoms with E-state index in [0.717, 1.165) is 16.7 Å². The molecule has 3 aromatic carbocycles. The predicted octanol–water partition coefficient (Wildman–Crippen LogP) is 5.28. The van der Waals surface area contributed by atoms with Crippen LogP contribution in [-0.2, 0) is 4.79 Å². The Kier molecular flexibility index (Phi) is 5.31. The second-order valence-electron chi connectivity index (χ2n) is 7.54. The number of amides is 2. The molecule has 4 nitrogen and oxygen atoms in total. The van der Waals surface area contributed by atoms with Crippen LogP contribution in [0.4, 0.5) is 10.1 Å². The highest BCUT2D eigenvalue weighted by molar-refractivity contribution is 6.31. The minimum Gasteiger partial charge on any atom is -0.324 e. The van der Waals surface area contributed by atoms with Crippen molar-refractivity contribution in [1.29, 1.82) is 0 Å². The first-order valence-electron chi connectivity index (χ1n) is 9.56. The zero-order valence-electron chi connectivity index (χ0n) is 16.6. The van der Waals surface area contributed by atoms with Crippen molar-refractivity contribution in [2.24, 2.45) is 0 Å². The van der Waals surface area contributed by atoms with E-state index in [1.807, 2.05) is 32.0 Å². The van der Waals surface area contributed by atoms with E-state index in [1.54, 1.807) is 30.3 Å². The van der Waals surface area contributed by atoms with Gasteiger partial charge < -0.3 is 10.2 Å². The summed E-state index contributed by atoms with van der Waals surface area (Å²) in [5.74, 6) is -0.958. The van der Waals surface area contributed by atoms with Gasteiger partial charge in [0, 0.05) is 21.8 Å². The molecule has 6 heteroatoms. The number of halogens is 2. The molecule has 0 spiro atoms. The van der Waals surface area contributed by atoms with E-state index in [-0.39, 0.29) is 24.2 Å². The van der Waals surface area contributed by atoms with Gasteiger partial charge in [-0.15, -0.1) is 0 Å². The molecule has 0 saturated carbocycles. The number of carbonyl (C=O) groups is 2. The largest absolute Gasteiger partial charge is 0.324 e. The van der Waals surface area contributed by atoms with Crippen LogP contribution < -0.4 is 5.32 Å². The number of hydrogen-bond acceptors (Lipinski definition) is 2. The molecule has 0 aromatic heterocycles. The number of fused-ring (bicyclic) bond motifs is 1. The lowest BCUT2D eigenvalue weighted by molar-refractivity contribution is -0.117. The fourth-order valence-corrected chi connectivity index (χ4v) is 4.11. The lowest BCUT2D eigenvalue weighted by Crippen LogP contribution is -2.39. The summed E-state index contributed by atoms with van der Waals surface area (Å²) in [6, 6.07) is 16.2. The molecule has 152 valence electrons. The van der Waals surface area contributed by atoms with Crippen LogP contribution in [0.5, 0.6) is 0 Å². The third-order valence-electron chi connectivity index (χ3n) is 5.12. The number of aryl methyl sites for hydroxylation is 2. The summed E-state index contributed by atoms with van der Waals surface area (Å²) >= 11 is 6.14. The van der Waals surface area contributed by atoms with Gasteiger partial charge in [-0.25, -0.2) is 4.39 Å². The first kappa shape index (κ1) is 20.1. The van der Waals surface area contributed by atoms with Crippen molar-refractivity contribution in [1.82, 2.24) is 4.90 Å². The number of benzene rings is 3. The van der Waals surface area contributed by atoms with Crippen molar-refractivity contribution in [3.63, 3.8) is 0 Å². The highest BCUT2D eigenvalue weighted by atomic mass is 35.5. The molecule has 1 heterocycles. The monoisotopic (exact) mass is 422 g/mol. The van der Waals surface area contributed by atoms with E-state index in [1.165, 1.54) is 17.0 Å². The van der Waals surface area contributed by atoms with Crippen molar-refractivity contribution in [3.05, 3.63) is 99.3 Å². The second kappa shape index (κ2) is 7.92. The van der Waals surface area contributed by atoms with Gasteiger partial charge in [-0.2, -0.15) is 0 Å². The summed E-state index contributed by atoms with van der Waals surface area (Å²) in [6.45, 7) is 3.71. The number of nitrogens with zero attached hydrogens (tertiary/aromatic N) is 1. The van der Waals surface area contributed by atoms with Gasteiger partial charge >= 0.3 is 0 Å². The normalized spacial score (nSPS) is 15.9. The first-order valence-corrected chi connectivity index (χ1v) is 9.93. The quantitative estimate of drug-likeness (QED) is 0.610. The molecule has 1 unspecified atom stereocenters. The molecule has 4 rings (SSSR count). The summed E-state index contributed by atoms with van der Waals surface area (Å²) in [5, 5.41) is 3.32. The molecule has 30 heavy (non-hydrogen) atoms. The Hall–Kier alpha value is -3.18. The van der Waals surface area contributed by atoms with Crippen molar-refractivity contribution in [3.8, 4) is 0 Å². The minimum absolute atomic E-state index is 0.139. The highest BCUT2D eigenvalue weighted by Gasteiger charge is 2.34. The third kappa shape index (κ3) is 3.94. The molecule has 0 fully saturated rings. The van der Waals surface area contributed by atoms with Crippen LogP contribution >= 0.6 is 11.6 Å². The highest BCUT2D eigenvalue weighted by Crippen LogP contribution is 2.38. The minimum atomic E-state index is -0.579. The van der Waals surface area contributed by atoms with Crippen LogP contribution in [0.25, 0.3) is 0 Å². The van der Waals surface area contributed by atoms with Crippen LogP contribution in [0.3, 0.4) is 0 Å². The molecule has 0 saturated heterocycles. The lowest BCUT2D eigenvalue weighted by Gasteiger charge is -2.31. The molecule has 0 aliphatic carbocycles. The maximum Gasteiger partial charge on any atom is 0.255 e. The number of nitrogens with one attached hydrogen (secondary N) is 1. The average molecular weight is 423 g/mol. The number of hydrogen-bond donors (Lipinski definition) is 1. The molecule has 1 aliphatic rings. The van der Waals surface area contributed by atoms with Gasteiger partial charge in [0.15, 0.2) is 0 Å². The molecular weight excluding hydrogens is 403 g/mol. The summed E-state index contributed by atoms with van der Waals surface area (Å²) in [4.78, 5) is 27.8. The first-order chi connectivity index (χ1) is 14.3. The van der Waals surface area contributed by atoms with E-state index in [9.17, 15) is 14.0 Å². The third-order valence-corrected chi connectivity index (χ3v) is 5.36. The summed E-state index contributed by atoms with van der Waals surface area (Å²) in [7, 11) is 0. The molecule has 0 bridgehead atoms. The van der Waals surface area contributed by atoms with Gasteiger partial charge in [0.05, 0.1) is 6.04 Å². The predicted molar refractivity (Wildman–Crippen MR) is 115 cm³/mol. The smallest absolute Gasteiger partial charge is 0.255 e. The van der Waals surface area contributed by atoms with Gasteiger partial charge in [0.25, 0.3) is 5.91 Å². The molecule has 1 N–H and O–H groups in total. The van der Waals surface area contributed by atoms with E-state index < -0.39 is 6.04 Å². The van der Waals surface area contributed by atoms with Gasteiger partial charge in [0.2, 0.25) is 5.91 Å². The average Bonchev–Trinajstić information content (AvgIpc) is 2.82. The number of rotatable bonds is 2. The fraction of sp³-hybridized carbons (Fsp3) is 0.167. The molecule has 1 aliphatic heterocycles. The second-order valence-corrected chi connectivity index (χ2v) is 7.98. The number of carbonyl (C=O) groups excluding carboxylic acids is 2. The van der Waals surface area contributed by atoms with Crippen molar-refractivity contribution < 1.29 is 14.0 Å². The Bertz CT molecular complexity index is 1120. The number of anilines is 1. The van der Waals surface area contributed by atoms with Gasteiger partial charge in [-0.1, -0.05) is 47.0 Å². The van der Waals surface area contributed by atoms with Gasteiger partial charge in [0.1, 0.15) is 12.4 Å². The van der Waals surface area contributed by atoms with Gasteiger partial charge in [-0.3, -0.25) is 9.59 Å². The fourth-order valence-electron chi connectivity index (χ4n) is 3.94. The zero-order chi connectivity index (χ0) is 21.4. The van der Waals surface area contributed by atoms with E-state index in [0.29, 0.717) is 21.8 Å². The summed E-state index contributed by atoms with van der Waals surface area (Å²) in [6.07, 6.45) is 0. The zero-order valence-corrected chi connectivity index (χ0v) is 17.3. The van der Waals surface area contributed by atoms with Crippen LogP contribution in [-0.4, -0.2) is 23.3 Å². The maximum atomic E-state index is 13.6. The van der Waals surface area contributed by atoms with E-state index in [4.69, 9.17) is 11.6 Å². The van der Waals surface area contributed by atoms with Crippen LogP contribution in [0.1, 0.15) is 38.7 Å². The van der Waals surface area contributed by atoms with Gasteiger partial charge in [-0.05, 0) is 55.8 Å². The van der Waals surface area contributed by atoms with Crippen LogP contribution in [0.15, 0.2) is 60.7 Å². The Labute approximate surface area is 179 Å². The van der Waals surface area contributed by atoms with Crippen LogP contribution in [0, 0.1) is 19.7 Å². The SMILES string of the molecule is Cc1cc(C)cc(C(=O)N2CC(=O)Nc3cc(Cl)ccc3C2c2ccc(F)cc2)c1. The molecular formula is C24H20ClFN2O2. The Morgan fingerprint density at radius 3 is 2.37 bits per heavy atom. The molecule has 2 amide bonds. The Morgan fingerprint density at radius 1 is 1.03 bits per heavy atom. The Morgan fingerprint density at radius 2 is 1.70 bits per heavy atom. The maximum absolute atomic E-state index is 13.6. The Balaban J connectivity index is 1.89. The summed E-state index contributed by atoms with van der Waals surface area (Å²) in [5.41, 5.74) is 4.39. The topological polar surface area (TPSA) is 49.4 Å². The molecule has 1 atom stereocenters. The van der Waals surface area contributed by atoms with E-state index >= 15 is 0 Å².